The minimum atomic E-state index is -0.503. The lowest BCUT2D eigenvalue weighted by Crippen LogP contribution is -2.07. The summed E-state index contributed by atoms with van der Waals surface area (Å²) >= 11 is 0. The quantitative estimate of drug-likeness (QED) is 0.371. The summed E-state index contributed by atoms with van der Waals surface area (Å²) < 4.78 is 16.8. The van der Waals surface area contributed by atoms with Crippen molar-refractivity contribution in [3.05, 3.63) is 76.0 Å². The van der Waals surface area contributed by atoms with Crippen LogP contribution < -0.4 is 9.47 Å². The predicted molar refractivity (Wildman–Crippen MR) is 95.2 cm³/mol. The summed E-state index contributed by atoms with van der Waals surface area (Å²) in [5.74, 6) is 1.11. The first-order chi connectivity index (χ1) is 12.2. The number of rotatable bonds is 10. The fourth-order valence-corrected chi connectivity index (χ4v) is 2.10. The molecule has 0 heterocycles. The summed E-state index contributed by atoms with van der Waals surface area (Å²) in [4.78, 5) is 9.98. The van der Waals surface area contributed by atoms with E-state index in [9.17, 15) is 10.1 Å². The van der Waals surface area contributed by atoms with Gasteiger partial charge in [0.2, 0.25) is 6.20 Å². The summed E-state index contributed by atoms with van der Waals surface area (Å²) in [5, 5.41) is 10.5. The third kappa shape index (κ3) is 6.64. The molecule has 0 aliphatic heterocycles. The Morgan fingerprint density at radius 3 is 2.56 bits per heavy atom. The van der Waals surface area contributed by atoms with E-state index in [1.165, 1.54) is 6.08 Å². The lowest BCUT2D eigenvalue weighted by Gasteiger charge is -2.13. The Morgan fingerprint density at radius 2 is 1.84 bits per heavy atom. The van der Waals surface area contributed by atoms with Gasteiger partial charge in [-0.05, 0) is 30.2 Å². The van der Waals surface area contributed by atoms with Crippen molar-refractivity contribution in [3.8, 4) is 11.5 Å². The third-order valence-corrected chi connectivity index (χ3v) is 3.28. The zero-order valence-electron chi connectivity index (χ0n) is 14.1. The van der Waals surface area contributed by atoms with E-state index in [0.717, 1.165) is 11.8 Å². The number of hydrogen-bond acceptors (Lipinski definition) is 5. The van der Waals surface area contributed by atoms with Gasteiger partial charge in [-0.15, -0.1) is 0 Å². The van der Waals surface area contributed by atoms with Crippen LogP contribution in [0, 0.1) is 10.1 Å². The molecule has 0 amide bonds. The molecule has 6 nitrogen and oxygen atoms in total. The Bertz CT molecular complexity index is 700. The molecule has 0 spiro atoms. The van der Waals surface area contributed by atoms with Gasteiger partial charge in [0, 0.05) is 12.7 Å². The molecular formula is C19H21NO5. The molecule has 0 saturated heterocycles. The Kier molecular flexibility index (Phi) is 7.46. The van der Waals surface area contributed by atoms with E-state index in [2.05, 4.69) is 0 Å². The molecule has 0 unspecified atom stereocenters. The van der Waals surface area contributed by atoms with Crippen molar-refractivity contribution in [2.24, 2.45) is 0 Å². The Hall–Kier alpha value is -2.86. The molecule has 6 heteroatoms. The molecule has 0 aromatic heterocycles. The molecule has 0 aliphatic carbocycles. The van der Waals surface area contributed by atoms with Crippen LogP contribution in [0.25, 0.3) is 6.08 Å². The van der Waals surface area contributed by atoms with Crippen molar-refractivity contribution >= 4 is 6.08 Å². The van der Waals surface area contributed by atoms with Crippen LogP contribution >= 0.6 is 0 Å². The summed E-state index contributed by atoms with van der Waals surface area (Å²) in [6.07, 6.45) is 2.31. The molecule has 0 fully saturated rings. The van der Waals surface area contributed by atoms with Gasteiger partial charge in [0.15, 0.2) is 11.5 Å². The fourth-order valence-electron chi connectivity index (χ4n) is 2.10. The maximum atomic E-state index is 10.5. The van der Waals surface area contributed by atoms with Crippen molar-refractivity contribution in [1.29, 1.82) is 0 Å². The van der Waals surface area contributed by atoms with Crippen LogP contribution in [0.3, 0.4) is 0 Å². The van der Waals surface area contributed by atoms with Gasteiger partial charge in [-0.2, -0.15) is 0 Å². The van der Waals surface area contributed by atoms with Crippen LogP contribution in [0.2, 0.25) is 0 Å². The van der Waals surface area contributed by atoms with Gasteiger partial charge in [0.1, 0.15) is 13.2 Å². The van der Waals surface area contributed by atoms with Crippen LogP contribution in [-0.2, 0) is 11.3 Å². The molecule has 2 aromatic carbocycles. The molecule has 0 N–H and O–H groups in total. The van der Waals surface area contributed by atoms with Gasteiger partial charge in [-0.1, -0.05) is 36.4 Å². The normalized spacial score (nSPS) is 10.8. The van der Waals surface area contributed by atoms with Gasteiger partial charge < -0.3 is 14.2 Å². The van der Waals surface area contributed by atoms with Crippen molar-refractivity contribution < 1.29 is 19.1 Å². The van der Waals surface area contributed by atoms with Crippen LogP contribution in [0.1, 0.15) is 18.1 Å². The first kappa shape index (κ1) is 18.5. The second-order valence-electron chi connectivity index (χ2n) is 5.13. The first-order valence-corrected chi connectivity index (χ1v) is 8.02. The van der Waals surface area contributed by atoms with E-state index >= 15 is 0 Å². The standard InChI is InChI=1S/C19H21NO5/c1-2-23-12-13-24-18-9-8-16(10-11-20(21)22)14-19(18)25-15-17-6-4-3-5-7-17/h3-11,14H,2,12-13,15H2,1H3. The summed E-state index contributed by atoms with van der Waals surface area (Å²) in [6, 6.07) is 15.0. The highest BCUT2D eigenvalue weighted by molar-refractivity contribution is 5.55. The zero-order valence-corrected chi connectivity index (χ0v) is 14.1. The van der Waals surface area contributed by atoms with E-state index < -0.39 is 4.92 Å². The molecule has 132 valence electrons. The number of nitro groups is 1. The Morgan fingerprint density at radius 1 is 1.04 bits per heavy atom. The molecule has 0 bridgehead atoms. The van der Waals surface area contributed by atoms with E-state index in [0.29, 0.717) is 43.5 Å². The molecular weight excluding hydrogens is 322 g/mol. The maximum absolute atomic E-state index is 10.5. The zero-order chi connectivity index (χ0) is 17.9. The predicted octanol–water partition coefficient (Wildman–Crippen LogP) is 3.93. The van der Waals surface area contributed by atoms with Gasteiger partial charge in [-0.25, -0.2) is 0 Å². The monoisotopic (exact) mass is 343 g/mol. The largest absolute Gasteiger partial charge is 0.487 e. The van der Waals surface area contributed by atoms with Crippen LogP contribution in [0.5, 0.6) is 11.5 Å². The fraction of sp³-hybridized carbons (Fsp3) is 0.263. The molecule has 0 radical (unpaired) electrons. The highest BCUT2D eigenvalue weighted by atomic mass is 16.6. The van der Waals surface area contributed by atoms with Gasteiger partial charge in [0.25, 0.3) is 0 Å². The average Bonchev–Trinajstić information content (AvgIpc) is 2.63. The van der Waals surface area contributed by atoms with E-state index in [1.54, 1.807) is 18.2 Å². The average molecular weight is 343 g/mol. The highest BCUT2D eigenvalue weighted by Crippen LogP contribution is 2.29. The van der Waals surface area contributed by atoms with Gasteiger partial charge >= 0.3 is 0 Å². The minimum absolute atomic E-state index is 0.380. The third-order valence-electron chi connectivity index (χ3n) is 3.28. The van der Waals surface area contributed by atoms with Crippen LogP contribution in [-0.4, -0.2) is 24.7 Å². The number of nitrogens with zero attached hydrogens (tertiary/aromatic N) is 1. The molecule has 2 rings (SSSR count). The SMILES string of the molecule is CCOCCOc1ccc(C=C[N+](=O)[O-])cc1OCc1ccccc1. The second kappa shape index (κ2) is 10.1. The van der Waals surface area contributed by atoms with E-state index in [4.69, 9.17) is 14.2 Å². The highest BCUT2D eigenvalue weighted by Gasteiger charge is 2.07. The van der Waals surface area contributed by atoms with Crippen LogP contribution in [0.4, 0.5) is 0 Å². The summed E-state index contributed by atoms with van der Waals surface area (Å²) in [7, 11) is 0. The molecule has 25 heavy (non-hydrogen) atoms. The van der Waals surface area contributed by atoms with Crippen molar-refractivity contribution in [3.63, 3.8) is 0 Å². The molecule has 0 atom stereocenters. The van der Waals surface area contributed by atoms with Crippen LogP contribution in [0.15, 0.2) is 54.7 Å². The molecule has 0 aliphatic rings. The summed E-state index contributed by atoms with van der Waals surface area (Å²) in [5.41, 5.74) is 1.69. The van der Waals surface area contributed by atoms with Crippen molar-refractivity contribution in [2.75, 3.05) is 19.8 Å². The number of benzene rings is 2. The Labute approximate surface area is 146 Å². The minimum Gasteiger partial charge on any atom is -0.487 e. The van der Waals surface area contributed by atoms with E-state index in [1.807, 2.05) is 37.3 Å². The first-order valence-electron chi connectivity index (χ1n) is 8.02. The molecule has 0 saturated carbocycles. The van der Waals surface area contributed by atoms with Crippen molar-refractivity contribution in [1.82, 2.24) is 0 Å². The summed E-state index contributed by atoms with van der Waals surface area (Å²) in [6.45, 7) is 3.82. The lowest BCUT2D eigenvalue weighted by molar-refractivity contribution is -0.400. The number of ether oxygens (including phenoxy) is 3. The Balaban J connectivity index is 2.11. The smallest absolute Gasteiger partial charge is 0.235 e. The molecule has 2 aromatic rings. The number of hydrogen-bond donors (Lipinski definition) is 0. The maximum Gasteiger partial charge on any atom is 0.235 e. The van der Waals surface area contributed by atoms with Gasteiger partial charge in [0.05, 0.1) is 11.5 Å². The second-order valence-corrected chi connectivity index (χ2v) is 5.13. The van der Waals surface area contributed by atoms with Gasteiger partial charge in [-0.3, -0.25) is 10.1 Å². The lowest BCUT2D eigenvalue weighted by atomic mass is 10.2. The van der Waals surface area contributed by atoms with E-state index in [-0.39, 0.29) is 0 Å². The topological polar surface area (TPSA) is 70.8 Å². The van der Waals surface area contributed by atoms with Crippen molar-refractivity contribution in [2.45, 2.75) is 13.5 Å².